The summed E-state index contributed by atoms with van der Waals surface area (Å²) < 4.78 is 10.5. The Morgan fingerprint density at radius 3 is 2.47 bits per heavy atom. The Morgan fingerprint density at radius 2 is 1.81 bits per heavy atom. The van der Waals surface area contributed by atoms with Gasteiger partial charge in [0.05, 0.1) is 30.3 Å². The standard InChI is InChI=1S/C28H31N3O4S/c1-18(2)20-10-12-22(13-11-20)30-24(32)16-23-17-36-28-29-19(3)25(27(33)35-15-14-34-4)26(31(23)28)21-8-6-5-7-9-21/h5-13,17-18,26H,14-16H2,1-4H3,(H,30,32)/t26-/m0/s1. The highest BCUT2D eigenvalue weighted by molar-refractivity contribution is 8.16. The zero-order chi connectivity index (χ0) is 25.7. The smallest absolute Gasteiger partial charge is 0.338 e. The number of anilines is 1. The van der Waals surface area contributed by atoms with Crippen molar-refractivity contribution in [1.29, 1.82) is 0 Å². The first-order valence-electron chi connectivity index (χ1n) is 11.9. The molecule has 2 heterocycles. The number of amides is 1. The fraction of sp³-hybridized carbons (Fsp3) is 0.321. The van der Waals surface area contributed by atoms with Crippen molar-refractivity contribution in [1.82, 2.24) is 4.90 Å². The summed E-state index contributed by atoms with van der Waals surface area (Å²) in [4.78, 5) is 32.8. The molecule has 8 heteroatoms. The predicted octanol–water partition coefficient (Wildman–Crippen LogP) is 5.60. The van der Waals surface area contributed by atoms with Crippen molar-refractivity contribution in [2.75, 3.05) is 25.6 Å². The van der Waals surface area contributed by atoms with Gasteiger partial charge in [0, 0.05) is 18.5 Å². The normalized spacial score (nSPS) is 17.0. The van der Waals surface area contributed by atoms with Gasteiger partial charge in [-0.3, -0.25) is 4.79 Å². The van der Waals surface area contributed by atoms with Gasteiger partial charge in [0.1, 0.15) is 6.61 Å². The van der Waals surface area contributed by atoms with Crippen LogP contribution < -0.4 is 5.32 Å². The van der Waals surface area contributed by atoms with E-state index in [0.717, 1.165) is 22.1 Å². The maximum absolute atomic E-state index is 13.2. The van der Waals surface area contributed by atoms with Crippen LogP contribution in [-0.2, 0) is 19.1 Å². The van der Waals surface area contributed by atoms with Crippen LogP contribution in [0.3, 0.4) is 0 Å². The molecular weight excluding hydrogens is 474 g/mol. The molecule has 0 bridgehead atoms. The van der Waals surface area contributed by atoms with Gasteiger partial charge in [0.2, 0.25) is 5.91 Å². The third kappa shape index (κ3) is 5.71. The lowest BCUT2D eigenvalue weighted by Gasteiger charge is -2.36. The van der Waals surface area contributed by atoms with Crippen LogP contribution in [0, 0.1) is 0 Å². The van der Waals surface area contributed by atoms with E-state index in [4.69, 9.17) is 9.47 Å². The van der Waals surface area contributed by atoms with Crippen molar-refractivity contribution in [3.05, 3.63) is 88.1 Å². The first-order valence-corrected chi connectivity index (χ1v) is 12.8. The number of carbonyl (C=O) groups excluding carboxylic acids is 2. The highest BCUT2D eigenvalue weighted by Crippen LogP contribution is 2.44. The van der Waals surface area contributed by atoms with E-state index < -0.39 is 12.0 Å². The summed E-state index contributed by atoms with van der Waals surface area (Å²) in [7, 11) is 1.56. The van der Waals surface area contributed by atoms with Crippen molar-refractivity contribution in [2.45, 2.75) is 39.2 Å². The summed E-state index contributed by atoms with van der Waals surface area (Å²) in [6, 6.07) is 17.2. The number of thioether (sulfide) groups is 1. The Morgan fingerprint density at radius 1 is 1.08 bits per heavy atom. The third-order valence-corrected chi connectivity index (χ3v) is 6.95. The van der Waals surface area contributed by atoms with Gasteiger partial charge in [-0.25, -0.2) is 9.79 Å². The number of aliphatic imine (C=N–C) groups is 1. The number of amidine groups is 1. The zero-order valence-corrected chi connectivity index (χ0v) is 21.8. The largest absolute Gasteiger partial charge is 0.460 e. The zero-order valence-electron chi connectivity index (χ0n) is 21.0. The van der Waals surface area contributed by atoms with Crippen LogP contribution in [0.4, 0.5) is 5.69 Å². The van der Waals surface area contributed by atoms with Crippen LogP contribution in [-0.4, -0.2) is 42.3 Å². The highest BCUT2D eigenvalue weighted by Gasteiger charge is 2.41. The summed E-state index contributed by atoms with van der Waals surface area (Å²) >= 11 is 1.45. The average molecular weight is 506 g/mol. The monoisotopic (exact) mass is 505 g/mol. The number of ether oxygens (including phenoxy) is 2. The second-order valence-electron chi connectivity index (χ2n) is 8.93. The number of benzene rings is 2. The maximum Gasteiger partial charge on any atom is 0.338 e. The molecular formula is C28H31N3O4S. The lowest BCUT2D eigenvalue weighted by Crippen LogP contribution is -2.37. The summed E-state index contributed by atoms with van der Waals surface area (Å²) in [6.45, 7) is 6.55. The van der Waals surface area contributed by atoms with Gasteiger partial charge < -0.3 is 19.7 Å². The van der Waals surface area contributed by atoms with Gasteiger partial charge in [-0.15, -0.1) is 0 Å². The summed E-state index contributed by atoms with van der Waals surface area (Å²) in [5.41, 5.74) is 4.73. The predicted molar refractivity (Wildman–Crippen MR) is 143 cm³/mol. The molecule has 2 aromatic carbocycles. The molecule has 0 saturated heterocycles. The number of fused-ring (bicyclic) bond motifs is 1. The third-order valence-electron chi connectivity index (χ3n) is 6.06. The molecule has 0 radical (unpaired) electrons. The lowest BCUT2D eigenvalue weighted by atomic mass is 9.94. The molecule has 36 heavy (non-hydrogen) atoms. The molecule has 0 fully saturated rings. The summed E-state index contributed by atoms with van der Waals surface area (Å²) in [6.07, 6.45) is 0.145. The van der Waals surface area contributed by atoms with Crippen molar-refractivity contribution >= 4 is 34.5 Å². The van der Waals surface area contributed by atoms with E-state index in [1.807, 2.05) is 71.8 Å². The average Bonchev–Trinajstić information content (AvgIpc) is 3.25. The number of nitrogens with one attached hydrogen (secondary N) is 1. The SMILES string of the molecule is COCCOC(=O)C1=C(C)N=C2SC=C(CC(=O)Nc3ccc(C(C)C)cc3)N2[C@H]1c1ccccc1. The molecule has 2 aromatic rings. The minimum absolute atomic E-state index is 0.136. The Balaban J connectivity index is 1.57. The molecule has 0 aromatic heterocycles. The molecule has 2 aliphatic heterocycles. The first-order chi connectivity index (χ1) is 17.4. The van der Waals surface area contributed by atoms with Gasteiger partial charge in [0.25, 0.3) is 0 Å². The van der Waals surface area contributed by atoms with Crippen LogP contribution >= 0.6 is 11.8 Å². The van der Waals surface area contributed by atoms with Crippen LogP contribution in [0.5, 0.6) is 0 Å². The number of esters is 1. The van der Waals surface area contributed by atoms with Gasteiger partial charge in [-0.1, -0.05) is 68.1 Å². The molecule has 0 spiro atoms. The Labute approximate surface area is 216 Å². The van der Waals surface area contributed by atoms with E-state index in [2.05, 4.69) is 24.2 Å². The summed E-state index contributed by atoms with van der Waals surface area (Å²) in [5.74, 6) is -0.149. The van der Waals surface area contributed by atoms with Crippen LogP contribution in [0.2, 0.25) is 0 Å². The van der Waals surface area contributed by atoms with Gasteiger partial charge in [-0.2, -0.15) is 0 Å². The topological polar surface area (TPSA) is 80.2 Å². The molecule has 2 aliphatic rings. The van der Waals surface area contributed by atoms with Gasteiger partial charge in [-0.05, 0) is 41.5 Å². The fourth-order valence-electron chi connectivity index (χ4n) is 4.20. The lowest BCUT2D eigenvalue weighted by molar-refractivity contribution is -0.141. The van der Waals surface area contributed by atoms with E-state index >= 15 is 0 Å². The molecule has 0 unspecified atom stereocenters. The molecule has 1 atom stereocenters. The van der Waals surface area contributed by atoms with E-state index in [0.29, 0.717) is 23.8 Å². The van der Waals surface area contributed by atoms with Crippen molar-refractivity contribution in [3.8, 4) is 0 Å². The number of allylic oxidation sites excluding steroid dienone is 1. The fourth-order valence-corrected chi connectivity index (χ4v) is 5.16. The second kappa shape index (κ2) is 11.6. The van der Waals surface area contributed by atoms with Crippen LogP contribution in [0.25, 0.3) is 0 Å². The Kier molecular flexibility index (Phi) is 8.28. The van der Waals surface area contributed by atoms with E-state index in [-0.39, 0.29) is 18.9 Å². The van der Waals surface area contributed by atoms with Crippen molar-refractivity contribution < 1.29 is 19.1 Å². The van der Waals surface area contributed by atoms with Gasteiger partial charge in [0.15, 0.2) is 5.17 Å². The summed E-state index contributed by atoms with van der Waals surface area (Å²) in [5, 5.41) is 5.66. The Hall–Kier alpha value is -3.36. The number of nitrogens with zero attached hydrogens (tertiary/aromatic N) is 2. The van der Waals surface area contributed by atoms with Crippen LogP contribution in [0.1, 0.15) is 50.3 Å². The highest BCUT2D eigenvalue weighted by atomic mass is 32.2. The van der Waals surface area contributed by atoms with E-state index in [1.165, 1.54) is 17.3 Å². The van der Waals surface area contributed by atoms with E-state index in [9.17, 15) is 9.59 Å². The van der Waals surface area contributed by atoms with E-state index in [1.54, 1.807) is 7.11 Å². The molecule has 0 aliphatic carbocycles. The number of methoxy groups -OCH3 is 1. The van der Waals surface area contributed by atoms with Crippen LogP contribution in [0.15, 0.2) is 82.0 Å². The quantitative estimate of drug-likeness (QED) is 0.353. The number of hydrogen-bond acceptors (Lipinski definition) is 7. The molecule has 1 amide bonds. The molecule has 0 saturated carbocycles. The molecule has 188 valence electrons. The number of rotatable bonds is 9. The second-order valence-corrected chi connectivity index (χ2v) is 9.77. The minimum Gasteiger partial charge on any atom is -0.460 e. The minimum atomic E-state index is -0.451. The van der Waals surface area contributed by atoms with Crippen molar-refractivity contribution in [3.63, 3.8) is 0 Å². The molecule has 1 N–H and O–H groups in total. The Bertz CT molecular complexity index is 1200. The first kappa shape index (κ1) is 25.7. The van der Waals surface area contributed by atoms with Crippen molar-refractivity contribution in [2.24, 2.45) is 4.99 Å². The molecule has 7 nitrogen and oxygen atoms in total. The number of carbonyl (C=O) groups is 2. The maximum atomic E-state index is 13.2. The molecule has 4 rings (SSSR count). The van der Waals surface area contributed by atoms with Gasteiger partial charge >= 0.3 is 5.97 Å². The number of hydrogen-bond donors (Lipinski definition) is 1.